The Morgan fingerprint density at radius 1 is 1.27 bits per heavy atom. The third kappa shape index (κ3) is 3.39. The average Bonchev–Trinajstić information content (AvgIpc) is 3.06. The standard InChI is InChI=1S/C21H26FN3O/c1-15-7-8-18(19(22)12-15)21(26)25-10-3-6-17(14-25)20-23-9-11-24(20)13-16-4-2-5-16/h7-9,11-12,16-17H,2-6,10,13-14H2,1H3/t17-/m1/s1. The van der Waals surface area contributed by atoms with Crippen molar-refractivity contribution in [3.05, 3.63) is 53.4 Å². The maximum atomic E-state index is 14.2. The summed E-state index contributed by atoms with van der Waals surface area (Å²) >= 11 is 0. The molecule has 4 nitrogen and oxygen atoms in total. The molecule has 1 atom stereocenters. The van der Waals surface area contributed by atoms with Crippen LogP contribution in [0.4, 0.5) is 4.39 Å². The molecule has 0 N–H and O–H groups in total. The normalized spacial score (nSPS) is 20.8. The smallest absolute Gasteiger partial charge is 0.256 e. The summed E-state index contributed by atoms with van der Waals surface area (Å²) in [6.45, 7) is 4.17. The van der Waals surface area contributed by atoms with E-state index in [9.17, 15) is 9.18 Å². The Hall–Kier alpha value is -2.17. The minimum Gasteiger partial charge on any atom is -0.338 e. The van der Waals surface area contributed by atoms with E-state index < -0.39 is 5.82 Å². The first-order valence-electron chi connectivity index (χ1n) is 9.68. The third-order valence-electron chi connectivity index (χ3n) is 5.86. The molecule has 0 spiro atoms. The maximum Gasteiger partial charge on any atom is 0.256 e. The summed E-state index contributed by atoms with van der Waals surface area (Å²) in [5, 5.41) is 0. The maximum absolute atomic E-state index is 14.2. The van der Waals surface area contributed by atoms with Crippen LogP contribution in [0.3, 0.4) is 0 Å². The van der Waals surface area contributed by atoms with Crippen molar-refractivity contribution in [1.29, 1.82) is 0 Å². The number of likely N-dealkylation sites (tertiary alicyclic amines) is 1. The predicted octanol–water partition coefficient (Wildman–Crippen LogP) is 4.15. The number of carbonyl (C=O) groups is 1. The van der Waals surface area contributed by atoms with Crippen LogP contribution < -0.4 is 0 Å². The number of halogens is 1. The monoisotopic (exact) mass is 355 g/mol. The van der Waals surface area contributed by atoms with Crippen molar-refractivity contribution in [1.82, 2.24) is 14.5 Å². The number of aromatic nitrogens is 2. The molecule has 1 aromatic heterocycles. The lowest BCUT2D eigenvalue weighted by Crippen LogP contribution is -2.40. The summed E-state index contributed by atoms with van der Waals surface area (Å²) in [6, 6.07) is 4.83. The zero-order valence-corrected chi connectivity index (χ0v) is 15.3. The first-order chi connectivity index (χ1) is 12.6. The highest BCUT2D eigenvalue weighted by Gasteiger charge is 2.30. The summed E-state index contributed by atoms with van der Waals surface area (Å²) < 4.78 is 16.5. The Kier molecular flexibility index (Phi) is 4.79. The van der Waals surface area contributed by atoms with Crippen molar-refractivity contribution in [2.45, 2.75) is 51.5 Å². The number of imidazole rings is 1. The van der Waals surface area contributed by atoms with Gasteiger partial charge in [-0.2, -0.15) is 0 Å². The number of benzene rings is 1. The molecule has 26 heavy (non-hydrogen) atoms. The minimum atomic E-state index is -0.427. The molecule has 0 unspecified atom stereocenters. The highest BCUT2D eigenvalue weighted by molar-refractivity contribution is 5.94. The number of nitrogens with zero attached hydrogens (tertiary/aromatic N) is 3. The van der Waals surface area contributed by atoms with E-state index in [2.05, 4.69) is 15.7 Å². The van der Waals surface area contributed by atoms with Gasteiger partial charge in [-0.05, 0) is 56.2 Å². The van der Waals surface area contributed by atoms with Crippen molar-refractivity contribution >= 4 is 5.91 Å². The fourth-order valence-corrected chi connectivity index (χ4v) is 4.12. The second-order valence-corrected chi connectivity index (χ2v) is 7.81. The van der Waals surface area contributed by atoms with Crippen LogP contribution in [0.15, 0.2) is 30.6 Å². The number of rotatable bonds is 4. The van der Waals surface area contributed by atoms with Crippen molar-refractivity contribution in [2.24, 2.45) is 5.92 Å². The molecular weight excluding hydrogens is 329 g/mol. The lowest BCUT2D eigenvalue weighted by Gasteiger charge is -2.34. The highest BCUT2D eigenvalue weighted by Crippen LogP contribution is 2.31. The van der Waals surface area contributed by atoms with Gasteiger partial charge >= 0.3 is 0 Å². The molecule has 0 bridgehead atoms. The molecular formula is C21H26FN3O. The van der Waals surface area contributed by atoms with Gasteiger partial charge in [0.15, 0.2) is 0 Å². The van der Waals surface area contributed by atoms with Gasteiger partial charge in [0.05, 0.1) is 5.56 Å². The van der Waals surface area contributed by atoms with Gasteiger partial charge in [0.1, 0.15) is 11.6 Å². The quantitative estimate of drug-likeness (QED) is 0.826. The molecule has 1 aliphatic carbocycles. The van der Waals surface area contributed by atoms with E-state index in [1.807, 2.05) is 13.1 Å². The van der Waals surface area contributed by atoms with Crippen LogP contribution >= 0.6 is 0 Å². The lowest BCUT2D eigenvalue weighted by molar-refractivity contribution is 0.0698. The fourth-order valence-electron chi connectivity index (χ4n) is 4.12. The molecule has 4 rings (SSSR count). The molecule has 1 aromatic carbocycles. The van der Waals surface area contributed by atoms with Gasteiger partial charge in [-0.25, -0.2) is 9.37 Å². The molecule has 1 saturated heterocycles. The molecule has 1 aliphatic heterocycles. The van der Waals surface area contributed by atoms with Gasteiger partial charge in [-0.1, -0.05) is 12.5 Å². The van der Waals surface area contributed by atoms with Crippen molar-refractivity contribution in [3.63, 3.8) is 0 Å². The van der Waals surface area contributed by atoms with Crippen LogP contribution in [0.2, 0.25) is 0 Å². The van der Waals surface area contributed by atoms with E-state index in [0.29, 0.717) is 13.1 Å². The number of hydrogen-bond acceptors (Lipinski definition) is 2. The second-order valence-electron chi connectivity index (χ2n) is 7.81. The number of piperidine rings is 1. The lowest BCUT2D eigenvalue weighted by atomic mass is 9.85. The molecule has 2 aromatic rings. The summed E-state index contributed by atoms with van der Waals surface area (Å²) in [6.07, 6.45) is 9.84. The van der Waals surface area contributed by atoms with E-state index in [1.165, 1.54) is 25.3 Å². The van der Waals surface area contributed by atoms with Crippen LogP contribution in [0.5, 0.6) is 0 Å². The molecule has 2 heterocycles. The van der Waals surface area contributed by atoms with E-state index >= 15 is 0 Å². The average molecular weight is 355 g/mol. The Morgan fingerprint density at radius 3 is 2.85 bits per heavy atom. The molecule has 1 amide bonds. The fraction of sp³-hybridized carbons (Fsp3) is 0.524. The largest absolute Gasteiger partial charge is 0.338 e. The van der Waals surface area contributed by atoms with Crippen LogP contribution in [-0.4, -0.2) is 33.4 Å². The Balaban J connectivity index is 1.49. The van der Waals surface area contributed by atoms with Crippen LogP contribution in [-0.2, 0) is 6.54 Å². The molecule has 5 heteroatoms. The zero-order chi connectivity index (χ0) is 18.1. The van der Waals surface area contributed by atoms with Crippen LogP contribution in [0.1, 0.15) is 59.8 Å². The van der Waals surface area contributed by atoms with Gasteiger partial charge in [-0.15, -0.1) is 0 Å². The van der Waals surface area contributed by atoms with E-state index in [4.69, 9.17) is 0 Å². The Bertz CT molecular complexity index is 796. The number of amides is 1. The third-order valence-corrected chi connectivity index (χ3v) is 5.86. The van der Waals surface area contributed by atoms with Gasteiger partial charge in [0.2, 0.25) is 0 Å². The van der Waals surface area contributed by atoms with E-state index in [0.717, 1.165) is 36.7 Å². The number of carbonyl (C=O) groups excluding carboxylic acids is 1. The first kappa shape index (κ1) is 17.3. The SMILES string of the molecule is Cc1ccc(C(=O)N2CCC[C@@H](c3nccn3CC3CCC3)C2)c(F)c1. The van der Waals surface area contributed by atoms with E-state index in [1.54, 1.807) is 17.0 Å². The summed E-state index contributed by atoms with van der Waals surface area (Å²) in [5.74, 6) is 1.45. The molecule has 138 valence electrons. The summed E-state index contributed by atoms with van der Waals surface area (Å²) in [7, 11) is 0. The number of aryl methyl sites for hydroxylation is 1. The minimum absolute atomic E-state index is 0.175. The Labute approximate surface area is 154 Å². The predicted molar refractivity (Wildman–Crippen MR) is 98.6 cm³/mol. The summed E-state index contributed by atoms with van der Waals surface area (Å²) in [4.78, 5) is 19.2. The van der Waals surface area contributed by atoms with Crippen LogP contribution in [0.25, 0.3) is 0 Å². The van der Waals surface area contributed by atoms with Gasteiger partial charge < -0.3 is 9.47 Å². The molecule has 2 fully saturated rings. The zero-order valence-electron chi connectivity index (χ0n) is 15.3. The van der Waals surface area contributed by atoms with Gasteiger partial charge in [-0.3, -0.25) is 4.79 Å². The van der Waals surface area contributed by atoms with E-state index in [-0.39, 0.29) is 17.4 Å². The summed E-state index contributed by atoms with van der Waals surface area (Å²) in [5.41, 5.74) is 1.00. The van der Waals surface area contributed by atoms with Gasteiger partial charge in [0, 0.05) is 37.9 Å². The topological polar surface area (TPSA) is 38.1 Å². The van der Waals surface area contributed by atoms with Crippen molar-refractivity contribution in [2.75, 3.05) is 13.1 Å². The van der Waals surface area contributed by atoms with Crippen molar-refractivity contribution in [3.8, 4) is 0 Å². The molecule has 0 radical (unpaired) electrons. The molecule has 1 saturated carbocycles. The van der Waals surface area contributed by atoms with Crippen LogP contribution in [0, 0.1) is 18.7 Å². The van der Waals surface area contributed by atoms with Crippen molar-refractivity contribution < 1.29 is 9.18 Å². The first-order valence-corrected chi connectivity index (χ1v) is 9.68. The Morgan fingerprint density at radius 2 is 2.12 bits per heavy atom. The second kappa shape index (κ2) is 7.22. The highest BCUT2D eigenvalue weighted by atomic mass is 19.1. The molecule has 2 aliphatic rings. The van der Waals surface area contributed by atoms with Gasteiger partial charge in [0.25, 0.3) is 5.91 Å². The number of hydrogen-bond donors (Lipinski definition) is 0.